The van der Waals surface area contributed by atoms with Crippen LogP contribution >= 0.6 is 0 Å². The normalized spacial score (nSPS) is 41.5. The Hall–Kier alpha value is -0.300. The molecule has 2 atom stereocenters. The minimum Gasteiger partial charge on any atom is -0.308 e. The van der Waals surface area contributed by atoms with Gasteiger partial charge in [0.25, 0.3) is 0 Å². The van der Waals surface area contributed by atoms with Gasteiger partial charge in [-0.15, -0.1) is 0 Å². The molecule has 0 heterocycles. The zero-order valence-corrected chi connectivity index (χ0v) is 9.11. The van der Waals surface area contributed by atoms with Crippen molar-refractivity contribution in [2.45, 2.75) is 45.6 Å². The van der Waals surface area contributed by atoms with Crippen molar-refractivity contribution in [3.05, 3.63) is 12.2 Å². The van der Waals surface area contributed by atoms with E-state index in [-0.39, 0.29) is 0 Å². The summed E-state index contributed by atoms with van der Waals surface area (Å²) < 4.78 is 0. The highest BCUT2D eigenvalue weighted by Crippen LogP contribution is 2.60. The summed E-state index contributed by atoms with van der Waals surface area (Å²) in [6.45, 7) is 12.3. The van der Waals surface area contributed by atoms with Crippen molar-refractivity contribution in [2.75, 3.05) is 6.54 Å². The SMILES string of the molecule is C=C1C(C)(C)[C@H]2CC[C@]1(NCC)C2. The van der Waals surface area contributed by atoms with Crippen LogP contribution < -0.4 is 5.32 Å². The van der Waals surface area contributed by atoms with E-state index in [4.69, 9.17) is 0 Å². The van der Waals surface area contributed by atoms with E-state index in [0.29, 0.717) is 11.0 Å². The quantitative estimate of drug-likeness (QED) is 0.643. The molecule has 2 saturated carbocycles. The highest BCUT2D eigenvalue weighted by atomic mass is 15.0. The maximum absolute atomic E-state index is 4.32. The lowest BCUT2D eigenvalue weighted by Crippen LogP contribution is -2.45. The monoisotopic (exact) mass is 179 g/mol. The Labute approximate surface area is 81.6 Å². The van der Waals surface area contributed by atoms with E-state index in [1.54, 1.807) is 0 Å². The third-order valence-electron chi connectivity index (χ3n) is 4.41. The van der Waals surface area contributed by atoms with Gasteiger partial charge in [-0.2, -0.15) is 0 Å². The average Bonchev–Trinajstić information content (AvgIpc) is 2.55. The number of rotatable bonds is 2. The van der Waals surface area contributed by atoms with Gasteiger partial charge in [-0.3, -0.25) is 0 Å². The Kier molecular flexibility index (Phi) is 1.85. The molecule has 0 spiro atoms. The van der Waals surface area contributed by atoms with E-state index in [2.05, 4.69) is 32.7 Å². The maximum Gasteiger partial charge on any atom is 0.0399 e. The Morgan fingerprint density at radius 3 is 2.69 bits per heavy atom. The smallest absolute Gasteiger partial charge is 0.0399 e. The van der Waals surface area contributed by atoms with E-state index in [1.165, 1.54) is 24.8 Å². The van der Waals surface area contributed by atoms with Gasteiger partial charge in [0.15, 0.2) is 0 Å². The summed E-state index contributed by atoms with van der Waals surface area (Å²) in [7, 11) is 0. The zero-order chi connectivity index (χ0) is 9.69. The molecule has 2 fully saturated rings. The molecule has 0 saturated heterocycles. The van der Waals surface area contributed by atoms with E-state index >= 15 is 0 Å². The van der Waals surface area contributed by atoms with Crippen LogP contribution in [0.2, 0.25) is 0 Å². The van der Waals surface area contributed by atoms with Crippen molar-refractivity contribution in [3.8, 4) is 0 Å². The second-order valence-corrected chi connectivity index (χ2v) is 5.25. The van der Waals surface area contributed by atoms with Gasteiger partial charge in [0.05, 0.1) is 0 Å². The molecule has 2 aliphatic carbocycles. The summed E-state index contributed by atoms with van der Waals surface area (Å²) in [5.74, 6) is 0.874. The molecule has 0 aromatic rings. The van der Waals surface area contributed by atoms with Crippen LogP contribution in [0.1, 0.15) is 40.0 Å². The first kappa shape index (κ1) is 9.26. The summed E-state index contributed by atoms with van der Waals surface area (Å²) in [4.78, 5) is 0. The first-order valence-electron chi connectivity index (χ1n) is 5.48. The van der Waals surface area contributed by atoms with Gasteiger partial charge in [-0.25, -0.2) is 0 Å². The van der Waals surface area contributed by atoms with Crippen LogP contribution in [-0.2, 0) is 0 Å². The van der Waals surface area contributed by atoms with Gasteiger partial charge in [0.2, 0.25) is 0 Å². The van der Waals surface area contributed by atoms with E-state index in [0.717, 1.165) is 12.5 Å². The van der Waals surface area contributed by atoms with Gasteiger partial charge in [-0.1, -0.05) is 32.9 Å². The third-order valence-corrected chi connectivity index (χ3v) is 4.41. The Morgan fingerprint density at radius 2 is 2.23 bits per heavy atom. The highest BCUT2D eigenvalue weighted by Gasteiger charge is 2.56. The summed E-state index contributed by atoms with van der Waals surface area (Å²) in [5, 5.41) is 3.66. The molecular weight excluding hydrogens is 158 g/mol. The average molecular weight is 179 g/mol. The summed E-state index contributed by atoms with van der Waals surface area (Å²) in [6, 6.07) is 0. The lowest BCUT2D eigenvalue weighted by atomic mass is 9.71. The Bertz CT molecular complexity index is 242. The van der Waals surface area contributed by atoms with Crippen molar-refractivity contribution < 1.29 is 0 Å². The van der Waals surface area contributed by atoms with E-state index in [1.807, 2.05) is 0 Å². The van der Waals surface area contributed by atoms with E-state index in [9.17, 15) is 0 Å². The molecule has 0 aromatic heterocycles. The van der Waals surface area contributed by atoms with Crippen LogP contribution in [0.25, 0.3) is 0 Å². The van der Waals surface area contributed by atoms with Crippen LogP contribution in [-0.4, -0.2) is 12.1 Å². The van der Waals surface area contributed by atoms with E-state index < -0.39 is 0 Å². The van der Waals surface area contributed by atoms with Crippen LogP contribution in [0.3, 0.4) is 0 Å². The van der Waals surface area contributed by atoms with Crippen LogP contribution in [0.5, 0.6) is 0 Å². The molecule has 1 heteroatoms. The number of fused-ring (bicyclic) bond motifs is 2. The number of likely N-dealkylation sites (N-methyl/N-ethyl adjacent to an activating group) is 1. The third kappa shape index (κ3) is 1.03. The lowest BCUT2D eigenvalue weighted by Gasteiger charge is -2.38. The topological polar surface area (TPSA) is 12.0 Å². The fraction of sp³-hybridized carbons (Fsp3) is 0.833. The van der Waals surface area contributed by atoms with Crippen molar-refractivity contribution in [1.82, 2.24) is 5.32 Å². The molecule has 0 aromatic carbocycles. The largest absolute Gasteiger partial charge is 0.308 e. The maximum atomic E-state index is 4.32. The second kappa shape index (κ2) is 2.60. The molecule has 13 heavy (non-hydrogen) atoms. The molecule has 74 valence electrons. The van der Waals surface area contributed by atoms with Crippen molar-refractivity contribution in [1.29, 1.82) is 0 Å². The first-order valence-corrected chi connectivity index (χ1v) is 5.48. The predicted octanol–water partition coefficient (Wildman–Crippen LogP) is 2.73. The molecule has 0 amide bonds. The molecule has 0 unspecified atom stereocenters. The fourth-order valence-electron chi connectivity index (χ4n) is 3.40. The summed E-state index contributed by atoms with van der Waals surface area (Å²) >= 11 is 0. The summed E-state index contributed by atoms with van der Waals surface area (Å²) in [6.07, 6.45) is 4.03. The molecule has 1 nitrogen and oxygen atoms in total. The molecule has 0 radical (unpaired) electrons. The second-order valence-electron chi connectivity index (χ2n) is 5.25. The standard InChI is InChI=1S/C12H21N/c1-5-13-12-7-6-10(8-12)11(3,4)9(12)2/h10,13H,2,5-8H2,1,3-4H3/t10-,12-/m0/s1. The minimum absolute atomic E-state index is 0.308. The van der Waals surface area contributed by atoms with Gasteiger partial charge in [0.1, 0.15) is 0 Å². The minimum atomic E-state index is 0.308. The predicted molar refractivity (Wildman–Crippen MR) is 56.7 cm³/mol. The van der Waals surface area contributed by atoms with Crippen LogP contribution in [0.4, 0.5) is 0 Å². The van der Waals surface area contributed by atoms with Crippen molar-refractivity contribution in [3.63, 3.8) is 0 Å². The van der Waals surface area contributed by atoms with Crippen LogP contribution in [0.15, 0.2) is 12.2 Å². The number of hydrogen-bond donors (Lipinski definition) is 1. The van der Waals surface area contributed by atoms with Crippen LogP contribution in [0, 0.1) is 11.3 Å². The Balaban J connectivity index is 2.29. The summed E-state index contributed by atoms with van der Waals surface area (Å²) in [5.41, 5.74) is 2.14. The molecular formula is C12H21N. The number of hydrogen-bond acceptors (Lipinski definition) is 1. The molecule has 2 rings (SSSR count). The first-order chi connectivity index (χ1) is 6.03. The fourth-order valence-corrected chi connectivity index (χ4v) is 3.40. The molecule has 2 bridgehead atoms. The zero-order valence-electron chi connectivity index (χ0n) is 9.11. The molecule has 1 N–H and O–H groups in total. The molecule has 0 aliphatic heterocycles. The molecule has 2 aliphatic rings. The van der Waals surface area contributed by atoms with Gasteiger partial charge in [0, 0.05) is 5.54 Å². The van der Waals surface area contributed by atoms with Crippen molar-refractivity contribution >= 4 is 0 Å². The van der Waals surface area contributed by atoms with Gasteiger partial charge >= 0.3 is 0 Å². The van der Waals surface area contributed by atoms with Gasteiger partial charge < -0.3 is 5.32 Å². The van der Waals surface area contributed by atoms with Crippen molar-refractivity contribution in [2.24, 2.45) is 11.3 Å². The number of nitrogens with one attached hydrogen (secondary N) is 1. The van der Waals surface area contributed by atoms with Gasteiger partial charge in [-0.05, 0) is 37.1 Å². The Morgan fingerprint density at radius 1 is 1.54 bits per heavy atom. The lowest BCUT2D eigenvalue weighted by molar-refractivity contribution is 0.277. The highest BCUT2D eigenvalue weighted by molar-refractivity contribution is 5.34.